The normalized spacial score (nSPS) is 11.9. The van der Waals surface area contributed by atoms with Crippen molar-refractivity contribution in [1.29, 1.82) is 0 Å². The molecule has 0 spiro atoms. The summed E-state index contributed by atoms with van der Waals surface area (Å²) >= 11 is 0. The number of carbonyl (C=O) groups is 1. The molecule has 5 aromatic rings. The van der Waals surface area contributed by atoms with Crippen LogP contribution in [0.25, 0.3) is 33.4 Å². The molecule has 0 fully saturated rings. The van der Waals surface area contributed by atoms with Gasteiger partial charge in [-0.3, -0.25) is 9.78 Å². The lowest BCUT2D eigenvalue weighted by Gasteiger charge is -2.12. The minimum atomic E-state index is -0.811. The van der Waals surface area contributed by atoms with E-state index in [4.69, 9.17) is 5.73 Å². The van der Waals surface area contributed by atoms with Crippen LogP contribution >= 0.6 is 0 Å². The fraction of sp³-hybridized carbons (Fsp3) is 0.0385. The molecular formula is C26H20FN5O. The quantitative estimate of drug-likeness (QED) is 0.358. The fourth-order valence-corrected chi connectivity index (χ4v) is 3.81. The summed E-state index contributed by atoms with van der Waals surface area (Å²) in [5.74, 6) is -0.280. The number of pyridine rings is 2. The fourth-order valence-electron chi connectivity index (χ4n) is 3.81. The Balaban J connectivity index is 1.54. The van der Waals surface area contributed by atoms with E-state index in [1.165, 1.54) is 12.1 Å². The van der Waals surface area contributed by atoms with Gasteiger partial charge in [0.15, 0.2) is 0 Å². The number of nitrogens with zero attached hydrogens (tertiary/aromatic N) is 2. The molecule has 0 radical (unpaired) electrons. The van der Waals surface area contributed by atoms with E-state index in [-0.39, 0.29) is 11.7 Å². The van der Waals surface area contributed by atoms with E-state index >= 15 is 0 Å². The number of halogens is 1. The molecule has 0 saturated heterocycles. The van der Waals surface area contributed by atoms with Crippen LogP contribution in [0.1, 0.15) is 11.6 Å². The minimum absolute atomic E-state index is 0.307. The molecule has 6 nitrogen and oxygen atoms in total. The zero-order valence-corrected chi connectivity index (χ0v) is 17.5. The Morgan fingerprint density at radius 1 is 0.909 bits per heavy atom. The van der Waals surface area contributed by atoms with Gasteiger partial charge in [-0.1, -0.05) is 30.3 Å². The third kappa shape index (κ3) is 4.09. The van der Waals surface area contributed by atoms with Gasteiger partial charge >= 0.3 is 0 Å². The number of aromatic amines is 1. The molecule has 1 atom stereocenters. The Hall–Kier alpha value is -4.36. The van der Waals surface area contributed by atoms with Crippen LogP contribution in [0.4, 0.5) is 10.2 Å². The first kappa shape index (κ1) is 20.5. The van der Waals surface area contributed by atoms with E-state index in [9.17, 15) is 9.18 Å². The lowest BCUT2D eigenvalue weighted by atomic mass is 10.00. The maximum absolute atomic E-state index is 13.5. The van der Waals surface area contributed by atoms with Gasteiger partial charge in [0.1, 0.15) is 23.3 Å². The molecular weight excluding hydrogens is 417 g/mol. The lowest BCUT2D eigenvalue weighted by Crippen LogP contribution is -2.28. The largest absolute Gasteiger partial charge is 0.339 e. The van der Waals surface area contributed by atoms with Gasteiger partial charge in [0, 0.05) is 23.3 Å². The summed E-state index contributed by atoms with van der Waals surface area (Å²) in [6, 6.07) is 22.1. The number of amides is 1. The summed E-state index contributed by atoms with van der Waals surface area (Å²) in [5.41, 5.74) is 10.9. The summed E-state index contributed by atoms with van der Waals surface area (Å²) < 4.78 is 13.5. The second-order valence-corrected chi connectivity index (χ2v) is 7.59. The number of nitrogens with two attached hydrogens (primary N) is 1. The molecule has 1 unspecified atom stereocenters. The average molecular weight is 437 g/mol. The highest BCUT2D eigenvalue weighted by atomic mass is 19.1. The van der Waals surface area contributed by atoms with E-state index in [1.54, 1.807) is 30.6 Å². The van der Waals surface area contributed by atoms with Gasteiger partial charge in [0.05, 0.1) is 5.69 Å². The number of carbonyl (C=O) groups excluding carboxylic acids is 1. The van der Waals surface area contributed by atoms with Crippen molar-refractivity contribution < 1.29 is 9.18 Å². The maximum atomic E-state index is 13.5. The molecule has 0 aliphatic carbocycles. The number of rotatable bonds is 5. The van der Waals surface area contributed by atoms with Crippen molar-refractivity contribution in [1.82, 2.24) is 15.0 Å². The Labute approximate surface area is 189 Å². The summed E-state index contributed by atoms with van der Waals surface area (Å²) in [4.78, 5) is 24.7. The molecule has 3 aromatic heterocycles. The summed E-state index contributed by atoms with van der Waals surface area (Å²) in [6.07, 6.45) is 3.44. The molecule has 33 heavy (non-hydrogen) atoms. The molecule has 0 aliphatic heterocycles. The van der Waals surface area contributed by atoms with Gasteiger partial charge in [-0.2, -0.15) is 0 Å². The molecule has 162 valence electrons. The van der Waals surface area contributed by atoms with E-state index in [1.807, 2.05) is 48.5 Å². The Morgan fingerprint density at radius 2 is 1.64 bits per heavy atom. The first-order valence-electron chi connectivity index (χ1n) is 10.4. The highest BCUT2D eigenvalue weighted by molar-refractivity contribution is 6.03. The molecule has 1 amide bonds. The van der Waals surface area contributed by atoms with Gasteiger partial charge < -0.3 is 16.0 Å². The van der Waals surface area contributed by atoms with Crippen LogP contribution in [0, 0.1) is 5.82 Å². The van der Waals surface area contributed by atoms with E-state index in [2.05, 4.69) is 20.3 Å². The van der Waals surface area contributed by atoms with Crippen LogP contribution in [0.15, 0.2) is 91.3 Å². The highest BCUT2D eigenvalue weighted by Gasteiger charge is 2.19. The lowest BCUT2D eigenvalue weighted by molar-refractivity contribution is -0.117. The number of hydrogen-bond donors (Lipinski definition) is 3. The van der Waals surface area contributed by atoms with Crippen molar-refractivity contribution in [2.24, 2.45) is 5.73 Å². The van der Waals surface area contributed by atoms with Crippen molar-refractivity contribution in [2.45, 2.75) is 6.04 Å². The molecule has 2 aromatic carbocycles. The number of benzene rings is 2. The van der Waals surface area contributed by atoms with Crippen LogP contribution in [-0.2, 0) is 4.79 Å². The van der Waals surface area contributed by atoms with Crippen LogP contribution < -0.4 is 11.1 Å². The molecule has 4 N–H and O–H groups in total. The topological polar surface area (TPSA) is 96.7 Å². The summed E-state index contributed by atoms with van der Waals surface area (Å²) in [5, 5.41) is 3.66. The van der Waals surface area contributed by atoms with Gasteiger partial charge in [-0.05, 0) is 65.2 Å². The number of fused-ring (bicyclic) bond motifs is 1. The first-order valence-corrected chi connectivity index (χ1v) is 10.4. The van der Waals surface area contributed by atoms with Crippen LogP contribution in [0.3, 0.4) is 0 Å². The van der Waals surface area contributed by atoms with Gasteiger partial charge in [0.2, 0.25) is 5.91 Å². The van der Waals surface area contributed by atoms with Crippen LogP contribution in [-0.4, -0.2) is 20.9 Å². The SMILES string of the molecule is NC(C(=O)Nc1ccc2c(-c3ccncc3)c(-c3ccc(F)cc3)[nH]c2n1)c1ccccc1. The number of hydrogen-bond acceptors (Lipinski definition) is 4. The zero-order valence-electron chi connectivity index (χ0n) is 17.5. The average Bonchev–Trinajstić information content (AvgIpc) is 3.24. The predicted octanol–water partition coefficient (Wildman–Crippen LogP) is 5.07. The Bertz CT molecular complexity index is 1420. The summed E-state index contributed by atoms with van der Waals surface area (Å²) in [7, 11) is 0. The highest BCUT2D eigenvalue weighted by Crippen LogP contribution is 2.38. The van der Waals surface area contributed by atoms with E-state index in [0.717, 1.165) is 33.3 Å². The molecule has 5 rings (SSSR count). The van der Waals surface area contributed by atoms with Crippen molar-refractivity contribution in [2.75, 3.05) is 5.32 Å². The molecule has 0 bridgehead atoms. The molecule has 0 aliphatic rings. The van der Waals surface area contributed by atoms with Gasteiger partial charge in [0.25, 0.3) is 0 Å². The van der Waals surface area contributed by atoms with Crippen molar-refractivity contribution in [3.63, 3.8) is 0 Å². The third-order valence-corrected chi connectivity index (χ3v) is 5.45. The molecule has 7 heteroatoms. The predicted molar refractivity (Wildman–Crippen MR) is 127 cm³/mol. The van der Waals surface area contributed by atoms with Crippen molar-refractivity contribution in [3.05, 3.63) is 103 Å². The number of nitrogens with one attached hydrogen (secondary N) is 2. The molecule has 0 saturated carbocycles. The maximum Gasteiger partial charge on any atom is 0.247 e. The van der Waals surface area contributed by atoms with Gasteiger partial charge in [-0.15, -0.1) is 0 Å². The minimum Gasteiger partial charge on any atom is -0.339 e. The Morgan fingerprint density at radius 3 is 2.36 bits per heavy atom. The van der Waals surface area contributed by atoms with E-state index in [0.29, 0.717) is 11.5 Å². The third-order valence-electron chi connectivity index (χ3n) is 5.45. The molecule has 3 heterocycles. The van der Waals surface area contributed by atoms with Gasteiger partial charge in [-0.25, -0.2) is 9.37 Å². The zero-order chi connectivity index (χ0) is 22.8. The van der Waals surface area contributed by atoms with Crippen LogP contribution in [0.2, 0.25) is 0 Å². The summed E-state index contributed by atoms with van der Waals surface area (Å²) in [6.45, 7) is 0. The smallest absolute Gasteiger partial charge is 0.247 e. The number of H-pyrrole nitrogens is 1. The van der Waals surface area contributed by atoms with E-state index < -0.39 is 6.04 Å². The van der Waals surface area contributed by atoms with Crippen molar-refractivity contribution in [3.8, 4) is 22.4 Å². The number of anilines is 1. The number of aromatic nitrogens is 3. The second kappa shape index (κ2) is 8.64. The van der Waals surface area contributed by atoms with Crippen molar-refractivity contribution >= 4 is 22.8 Å². The standard InChI is InChI=1S/C26H20FN5O/c27-19-8-6-18(7-9-19)24-22(16-12-14-29-15-13-16)20-10-11-21(30-25(20)32-24)31-26(33)23(28)17-4-2-1-3-5-17/h1-15,23H,28H2,(H2,30,31,32,33). The Kier molecular flexibility index (Phi) is 5.38. The first-order chi connectivity index (χ1) is 16.1. The van der Waals surface area contributed by atoms with Crippen LogP contribution in [0.5, 0.6) is 0 Å². The monoisotopic (exact) mass is 437 g/mol. The second-order valence-electron chi connectivity index (χ2n) is 7.59.